The maximum atomic E-state index is 12.1. The number of rotatable bonds is 4. The summed E-state index contributed by atoms with van der Waals surface area (Å²) in [6.45, 7) is 2.37. The summed E-state index contributed by atoms with van der Waals surface area (Å²) in [5.74, 6) is 0.609. The summed E-state index contributed by atoms with van der Waals surface area (Å²) in [7, 11) is 0. The van der Waals surface area contributed by atoms with E-state index < -0.39 is 5.97 Å². The maximum absolute atomic E-state index is 12.1. The molecule has 0 unspecified atom stereocenters. The average Bonchev–Trinajstić information content (AvgIpc) is 2.42. The van der Waals surface area contributed by atoms with E-state index in [4.69, 9.17) is 9.47 Å². The highest BCUT2D eigenvalue weighted by atomic mass is 79.9. The van der Waals surface area contributed by atoms with Gasteiger partial charge >= 0.3 is 5.97 Å². The van der Waals surface area contributed by atoms with Crippen LogP contribution in [-0.4, -0.2) is 12.6 Å². The molecule has 2 aromatic carbocycles. The first kappa shape index (κ1) is 13.6. The van der Waals surface area contributed by atoms with Crippen molar-refractivity contribution in [3.05, 3.63) is 58.6 Å². The molecule has 0 aliphatic carbocycles. The zero-order valence-corrected chi connectivity index (χ0v) is 12.0. The Kier molecular flexibility index (Phi) is 4.58. The van der Waals surface area contributed by atoms with Crippen LogP contribution in [0.4, 0.5) is 0 Å². The van der Waals surface area contributed by atoms with Crippen LogP contribution >= 0.6 is 15.9 Å². The van der Waals surface area contributed by atoms with Gasteiger partial charge in [0.1, 0.15) is 17.1 Å². The molecule has 0 N–H and O–H groups in total. The first-order chi connectivity index (χ1) is 9.20. The molecule has 0 spiro atoms. The highest BCUT2D eigenvalue weighted by molar-refractivity contribution is 9.10. The third-order valence-corrected chi connectivity index (χ3v) is 2.96. The second-order valence-corrected chi connectivity index (χ2v) is 4.69. The Morgan fingerprint density at radius 1 is 1.11 bits per heavy atom. The van der Waals surface area contributed by atoms with Crippen molar-refractivity contribution in [2.45, 2.75) is 6.92 Å². The molecule has 0 bridgehead atoms. The van der Waals surface area contributed by atoms with Crippen molar-refractivity contribution in [1.82, 2.24) is 0 Å². The van der Waals surface area contributed by atoms with E-state index in [2.05, 4.69) is 15.9 Å². The quantitative estimate of drug-likeness (QED) is 0.629. The minimum absolute atomic E-state index is 0.423. The van der Waals surface area contributed by atoms with Crippen molar-refractivity contribution in [3.63, 3.8) is 0 Å². The molecular weight excluding hydrogens is 308 g/mol. The van der Waals surface area contributed by atoms with Crippen LogP contribution in [0.3, 0.4) is 0 Å². The molecule has 0 radical (unpaired) electrons. The predicted molar refractivity (Wildman–Crippen MR) is 76.7 cm³/mol. The van der Waals surface area contributed by atoms with E-state index in [1.165, 1.54) is 0 Å². The maximum Gasteiger partial charge on any atom is 0.347 e. The summed E-state index contributed by atoms with van der Waals surface area (Å²) < 4.78 is 11.6. The van der Waals surface area contributed by atoms with Crippen LogP contribution in [-0.2, 0) is 0 Å². The summed E-state index contributed by atoms with van der Waals surface area (Å²) in [4.78, 5) is 12.1. The number of carbonyl (C=O) groups excluding carboxylic acids is 1. The van der Waals surface area contributed by atoms with Gasteiger partial charge in [-0.3, -0.25) is 0 Å². The molecular formula is C15H13BrO3. The summed E-state index contributed by atoms with van der Waals surface area (Å²) in [6.07, 6.45) is 0. The zero-order chi connectivity index (χ0) is 13.7. The van der Waals surface area contributed by atoms with E-state index in [0.717, 1.165) is 4.47 Å². The lowest BCUT2D eigenvalue weighted by Gasteiger charge is -2.09. The number of hydrogen-bond donors (Lipinski definition) is 0. The van der Waals surface area contributed by atoms with Gasteiger partial charge in [-0.2, -0.15) is 0 Å². The van der Waals surface area contributed by atoms with Crippen molar-refractivity contribution in [2.75, 3.05) is 6.61 Å². The van der Waals surface area contributed by atoms with Crippen LogP contribution in [0, 0.1) is 0 Å². The first-order valence-electron chi connectivity index (χ1n) is 5.90. The van der Waals surface area contributed by atoms with Gasteiger partial charge in [-0.1, -0.05) is 28.1 Å². The Labute approximate surface area is 120 Å². The standard InChI is InChI=1S/C15H13BrO3/c1-2-18-14-6-4-3-5-13(14)15(17)19-12-9-7-11(16)8-10-12/h3-10H,2H2,1H3. The Morgan fingerprint density at radius 2 is 1.79 bits per heavy atom. The number of ether oxygens (including phenoxy) is 2. The zero-order valence-electron chi connectivity index (χ0n) is 10.4. The highest BCUT2D eigenvalue weighted by Gasteiger charge is 2.14. The van der Waals surface area contributed by atoms with Gasteiger partial charge in [-0.15, -0.1) is 0 Å². The van der Waals surface area contributed by atoms with Gasteiger partial charge in [-0.05, 0) is 43.3 Å². The van der Waals surface area contributed by atoms with Gasteiger partial charge in [0.15, 0.2) is 0 Å². The SMILES string of the molecule is CCOc1ccccc1C(=O)Oc1ccc(Br)cc1. The number of benzene rings is 2. The Morgan fingerprint density at radius 3 is 2.47 bits per heavy atom. The summed E-state index contributed by atoms with van der Waals surface area (Å²) >= 11 is 3.33. The minimum atomic E-state index is -0.425. The normalized spacial score (nSPS) is 10.0. The van der Waals surface area contributed by atoms with Gasteiger partial charge in [0.25, 0.3) is 0 Å². The largest absolute Gasteiger partial charge is 0.493 e. The van der Waals surface area contributed by atoms with Crippen molar-refractivity contribution in [3.8, 4) is 11.5 Å². The van der Waals surface area contributed by atoms with Gasteiger partial charge in [0.2, 0.25) is 0 Å². The molecule has 0 fully saturated rings. The van der Waals surface area contributed by atoms with Crippen LogP contribution in [0.15, 0.2) is 53.0 Å². The van der Waals surface area contributed by atoms with Crippen LogP contribution in [0.25, 0.3) is 0 Å². The lowest BCUT2D eigenvalue weighted by molar-refractivity contribution is 0.0730. The molecule has 98 valence electrons. The van der Waals surface area contributed by atoms with Crippen LogP contribution in [0.5, 0.6) is 11.5 Å². The molecule has 0 aromatic heterocycles. The lowest BCUT2D eigenvalue weighted by Crippen LogP contribution is -2.10. The highest BCUT2D eigenvalue weighted by Crippen LogP contribution is 2.22. The Balaban J connectivity index is 2.18. The van der Waals surface area contributed by atoms with Gasteiger partial charge < -0.3 is 9.47 Å². The molecule has 0 atom stereocenters. The van der Waals surface area contributed by atoms with E-state index in [-0.39, 0.29) is 0 Å². The van der Waals surface area contributed by atoms with E-state index in [1.54, 1.807) is 30.3 Å². The molecule has 2 aromatic rings. The van der Waals surface area contributed by atoms with E-state index in [1.807, 2.05) is 25.1 Å². The molecule has 0 aliphatic rings. The molecule has 3 nitrogen and oxygen atoms in total. The molecule has 19 heavy (non-hydrogen) atoms. The predicted octanol–water partition coefficient (Wildman–Crippen LogP) is 4.07. The second-order valence-electron chi connectivity index (χ2n) is 3.77. The number of para-hydroxylation sites is 1. The average molecular weight is 321 g/mol. The number of hydrogen-bond acceptors (Lipinski definition) is 3. The van der Waals surface area contributed by atoms with Crippen molar-refractivity contribution < 1.29 is 14.3 Å². The Bertz CT molecular complexity index is 564. The summed E-state index contributed by atoms with van der Waals surface area (Å²) in [5.41, 5.74) is 0.423. The monoisotopic (exact) mass is 320 g/mol. The topological polar surface area (TPSA) is 35.5 Å². The smallest absolute Gasteiger partial charge is 0.347 e. The van der Waals surface area contributed by atoms with Gasteiger partial charge in [0, 0.05) is 4.47 Å². The molecule has 0 saturated carbocycles. The molecule has 0 aliphatic heterocycles. The second kappa shape index (κ2) is 6.38. The van der Waals surface area contributed by atoms with Crippen molar-refractivity contribution in [2.24, 2.45) is 0 Å². The van der Waals surface area contributed by atoms with Gasteiger partial charge in [0.05, 0.1) is 6.61 Å². The van der Waals surface area contributed by atoms with Crippen LogP contribution < -0.4 is 9.47 Å². The van der Waals surface area contributed by atoms with E-state index >= 15 is 0 Å². The number of halogens is 1. The molecule has 0 amide bonds. The Hall–Kier alpha value is -1.81. The third kappa shape index (κ3) is 3.58. The fourth-order valence-corrected chi connectivity index (χ4v) is 1.85. The summed E-state index contributed by atoms with van der Waals surface area (Å²) in [6, 6.07) is 14.1. The third-order valence-electron chi connectivity index (χ3n) is 2.43. The van der Waals surface area contributed by atoms with E-state index in [0.29, 0.717) is 23.7 Å². The molecule has 2 rings (SSSR count). The van der Waals surface area contributed by atoms with Crippen molar-refractivity contribution >= 4 is 21.9 Å². The number of esters is 1. The lowest BCUT2D eigenvalue weighted by atomic mass is 10.2. The molecule has 0 heterocycles. The molecule has 4 heteroatoms. The minimum Gasteiger partial charge on any atom is -0.493 e. The van der Waals surface area contributed by atoms with Crippen molar-refractivity contribution in [1.29, 1.82) is 0 Å². The summed E-state index contributed by atoms with van der Waals surface area (Å²) in [5, 5.41) is 0. The van der Waals surface area contributed by atoms with Crippen LogP contribution in [0.2, 0.25) is 0 Å². The van der Waals surface area contributed by atoms with E-state index in [9.17, 15) is 4.79 Å². The fraction of sp³-hybridized carbons (Fsp3) is 0.133. The first-order valence-corrected chi connectivity index (χ1v) is 6.69. The molecule has 0 saturated heterocycles. The van der Waals surface area contributed by atoms with Gasteiger partial charge in [-0.25, -0.2) is 4.79 Å². The number of carbonyl (C=O) groups is 1. The van der Waals surface area contributed by atoms with Crippen LogP contribution in [0.1, 0.15) is 17.3 Å². The fourth-order valence-electron chi connectivity index (χ4n) is 1.58.